The van der Waals surface area contributed by atoms with E-state index in [1.807, 2.05) is 32.9 Å². The van der Waals surface area contributed by atoms with Gasteiger partial charge >= 0.3 is 5.97 Å². The highest BCUT2D eigenvalue weighted by molar-refractivity contribution is 5.79. The third-order valence-corrected chi connectivity index (χ3v) is 6.66. The minimum atomic E-state index is -0.832. The van der Waals surface area contributed by atoms with Crippen molar-refractivity contribution in [1.82, 2.24) is 0 Å². The Morgan fingerprint density at radius 1 is 1.16 bits per heavy atom. The number of nitrogens with zero attached hydrogens (tertiary/aromatic N) is 1. The minimum Gasteiger partial charge on any atom is -0.507 e. The van der Waals surface area contributed by atoms with Gasteiger partial charge in [0.25, 0.3) is 0 Å². The summed E-state index contributed by atoms with van der Waals surface area (Å²) >= 11 is 0. The number of phenolic OH excluding ortho intramolecular Hbond substituents is 1. The zero-order valence-corrected chi connectivity index (χ0v) is 19.2. The number of aromatic hydroxyl groups is 1. The summed E-state index contributed by atoms with van der Waals surface area (Å²) in [5.74, 6) is 0.214. The number of hydrogen-bond acceptors (Lipinski definition) is 4. The van der Waals surface area contributed by atoms with Gasteiger partial charge in [0.05, 0.1) is 12.1 Å². The van der Waals surface area contributed by atoms with Crippen molar-refractivity contribution in [2.45, 2.75) is 71.3 Å². The molecule has 1 aliphatic heterocycles. The highest BCUT2D eigenvalue weighted by Crippen LogP contribution is 2.45. The van der Waals surface area contributed by atoms with Crippen LogP contribution in [0, 0.1) is 20.8 Å². The average molecular weight is 440 g/mol. The van der Waals surface area contributed by atoms with Gasteiger partial charge in [-0.3, -0.25) is 4.79 Å². The Bertz CT molecular complexity index is 1040. The number of fused-ring (bicyclic) bond motifs is 1. The lowest BCUT2D eigenvalue weighted by Crippen LogP contribution is -2.37. The summed E-state index contributed by atoms with van der Waals surface area (Å²) in [7, 11) is 0. The lowest BCUT2D eigenvalue weighted by Gasteiger charge is -2.38. The second-order valence-corrected chi connectivity index (χ2v) is 9.04. The van der Waals surface area contributed by atoms with Crippen molar-refractivity contribution < 1.29 is 19.7 Å². The average Bonchev–Trinajstić information content (AvgIpc) is 2.73. The van der Waals surface area contributed by atoms with E-state index >= 15 is 0 Å². The van der Waals surface area contributed by atoms with Crippen LogP contribution in [-0.2, 0) is 11.2 Å². The van der Waals surface area contributed by atoms with E-state index in [1.54, 1.807) is 12.1 Å². The second kappa shape index (κ2) is 9.10. The molecule has 0 saturated heterocycles. The topological polar surface area (TPSA) is 131 Å². The maximum absolute atomic E-state index is 11.5. The van der Waals surface area contributed by atoms with Crippen LogP contribution in [0.15, 0.2) is 29.3 Å². The number of nitrogens with two attached hydrogens (primary N) is 2. The molecule has 0 bridgehead atoms. The van der Waals surface area contributed by atoms with Gasteiger partial charge in [-0.15, -0.1) is 0 Å². The molecule has 0 amide bonds. The Morgan fingerprint density at radius 2 is 1.81 bits per heavy atom. The zero-order valence-electron chi connectivity index (χ0n) is 19.2. The molecule has 32 heavy (non-hydrogen) atoms. The molecule has 1 heterocycles. The first-order chi connectivity index (χ1) is 15.0. The van der Waals surface area contributed by atoms with Crippen molar-refractivity contribution in [2.75, 3.05) is 0 Å². The summed E-state index contributed by atoms with van der Waals surface area (Å²) < 4.78 is 6.52. The van der Waals surface area contributed by atoms with Crippen LogP contribution in [0.3, 0.4) is 0 Å². The molecule has 3 rings (SSSR count). The summed E-state index contributed by atoms with van der Waals surface area (Å²) in [4.78, 5) is 15.6. The Kier molecular flexibility index (Phi) is 6.67. The van der Waals surface area contributed by atoms with E-state index in [-0.39, 0.29) is 18.3 Å². The Balaban J connectivity index is 1.79. The number of carboxylic acid groups (broad SMARTS) is 1. The van der Waals surface area contributed by atoms with Gasteiger partial charge in [-0.2, -0.15) is 0 Å². The molecule has 7 nitrogen and oxygen atoms in total. The molecule has 2 aromatic carbocycles. The van der Waals surface area contributed by atoms with Crippen LogP contribution in [0.2, 0.25) is 0 Å². The fourth-order valence-electron chi connectivity index (χ4n) is 4.52. The highest BCUT2D eigenvalue weighted by atomic mass is 16.5. The number of phenols is 1. The van der Waals surface area contributed by atoms with Crippen LogP contribution in [0.4, 0.5) is 5.69 Å². The maximum atomic E-state index is 11.5. The molecule has 2 unspecified atom stereocenters. The van der Waals surface area contributed by atoms with E-state index in [2.05, 4.69) is 11.9 Å². The van der Waals surface area contributed by atoms with Crippen LogP contribution in [-0.4, -0.2) is 27.7 Å². The molecule has 0 fully saturated rings. The quantitative estimate of drug-likeness (QED) is 0.375. The summed E-state index contributed by atoms with van der Waals surface area (Å²) in [6.45, 7) is 7.90. The molecule has 2 atom stereocenters. The van der Waals surface area contributed by atoms with Gasteiger partial charge in [0.2, 0.25) is 0 Å². The summed E-state index contributed by atoms with van der Waals surface area (Å²) in [5, 5.41) is 19.9. The predicted octanol–water partition coefficient (Wildman–Crippen LogP) is 4.34. The summed E-state index contributed by atoms with van der Waals surface area (Å²) in [6.07, 6.45) is 3.07. The fourth-order valence-corrected chi connectivity index (χ4v) is 4.52. The molecule has 7 heteroatoms. The lowest BCUT2D eigenvalue weighted by atomic mass is 9.81. The molecule has 0 radical (unpaired) electrons. The molecule has 6 N–H and O–H groups in total. The van der Waals surface area contributed by atoms with Crippen LogP contribution < -0.4 is 16.2 Å². The Labute approximate surface area is 189 Å². The van der Waals surface area contributed by atoms with Crippen molar-refractivity contribution in [2.24, 2.45) is 16.5 Å². The van der Waals surface area contributed by atoms with Crippen molar-refractivity contribution in [3.8, 4) is 11.5 Å². The van der Waals surface area contributed by atoms with Crippen molar-refractivity contribution in [3.05, 3.63) is 52.1 Å². The van der Waals surface area contributed by atoms with Crippen molar-refractivity contribution in [1.29, 1.82) is 0 Å². The number of carbonyl (C=O) groups is 1. The van der Waals surface area contributed by atoms with Gasteiger partial charge in [-0.25, -0.2) is 4.99 Å². The predicted molar refractivity (Wildman–Crippen MR) is 126 cm³/mol. The molecule has 0 saturated carbocycles. The van der Waals surface area contributed by atoms with Gasteiger partial charge in [0, 0.05) is 5.56 Å². The van der Waals surface area contributed by atoms with Gasteiger partial charge in [-0.05, 0) is 93.7 Å². The number of hydrogen-bond donors (Lipinski definition) is 4. The lowest BCUT2D eigenvalue weighted by molar-refractivity contribution is -0.137. The number of guanidine groups is 1. The van der Waals surface area contributed by atoms with Gasteiger partial charge in [-0.1, -0.05) is 12.1 Å². The number of aliphatic imine (C=N–C) groups is 1. The molecule has 172 valence electrons. The monoisotopic (exact) mass is 439 g/mol. The van der Waals surface area contributed by atoms with Crippen molar-refractivity contribution in [3.63, 3.8) is 0 Å². The third kappa shape index (κ3) is 4.98. The molecule has 2 aromatic rings. The van der Waals surface area contributed by atoms with Gasteiger partial charge < -0.3 is 26.4 Å². The Morgan fingerprint density at radius 3 is 2.41 bits per heavy atom. The minimum absolute atomic E-state index is 0.0171. The summed E-state index contributed by atoms with van der Waals surface area (Å²) in [5.41, 5.74) is 15.8. The largest absolute Gasteiger partial charge is 0.507 e. The van der Waals surface area contributed by atoms with Crippen LogP contribution >= 0.6 is 0 Å². The first-order valence-electron chi connectivity index (χ1n) is 10.9. The molecule has 0 aliphatic carbocycles. The number of benzene rings is 2. The number of ether oxygens (including phenoxy) is 1. The first kappa shape index (κ1) is 23.4. The molecule has 1 aliphatic rings. The number of rotatable bonds is 7. The van der Waals surface area contributed by atoms with Gasteiger partial charge in [0.15, 0.2) is 5.96 Å². The molecule has 0 aromatic heterocycles. The van der Waals surface area contributed by atoms with Crippen LogP contribution in [0.1, 0.15) is 66.3 Å². The van der Waals surface area contributed by atoms with E-state index in [4.69, 9.17) is 16.2 Å². The molecule has 0 spiro atoms. The molecular formula is C25H33N3O4. The van der Waals surface area contributed by atoms with Gasteiger partial charge in [0.1, 0.15) is 17.1 Å². The maximum Gasteiger partial charge on any atom is 0.303 e. The molecular weight excluding hydrogens is 406 g/mol. The van der Waals surface area contributed by atoms with Crippen molar-refractivity contribution >= 4 is 17.6 Å². The van der Waals surface area contributed by atoms with E-state index < -0.39 is 11.6 Å². The SMILES string of the molecule is Cc1c(C)c2c(c(C)c1O)CCC(C)(CCC(CC(=O)O)c1ccc(N=C(N)N)cc1)O2. The van der Waals surface area contributed by atoms with Crippen LogP contribution in [0.5, 0.6) is 11.5 Å². The third-order valence-electron chi connectivity index (χ3n) is 6.66. The zero-order chi connectivity index (χ0) is 23.6. The highest BCUT2D eigenvalue weighted by Gasteiger charge is 2.35. The van der Waals surface area contributed by atoms with E-state index in [0.29, 0.717) is 17.9 Å². The fraction of sp³-hybridized carbons (Fsp3) is 0.440. The van der Waals surface area contributed by atoms with E-state index in [1.165, 1.54) is 0 Å². The normalized spacial score (nSPS) is 18.4. The summed E-state index contributed by atoms with van der Waals surface area (Å²) in [6, 6.07) is 7.35. The van der Waals surface area contributed by atoms with E-state index in [9.17, 15) is 15.0 Å². The second-order valence-electron chi connectivity index (χ2n) is 9.04. The smallest absolute Gasteiger partial charge is 0.303 e. The Hall–Kier alpha value is -3.22. The number of carboxylic acids is 1. The number of aliphatic carboxylic acids is 1. The first-order valence-corrected chi connectivity index (χ1v) is 10.9. The van der Waals surface area contributed by atoms with E-state index in [0.717, 1.165) is 52.8 Å². The standard InChI is InChI=1S/C25H33N3O4/c1-14-15(2)23-20(16(3)22(14)31)10-12-25(4,32-23)11-9-18(13-21(29)30)17-5-7-19(8-6-17)28-24(26)27/h5-8,18,31H,9-13H2,1-4H3,(H,29,30)(H4,26,27,28). The van der Waals surface area contributed by atoms with Crippen LogP contribution in [0.25, 0.3) is 0 Å².